The van der Waals surface area contributed by atoms with Crippen molar-refractivity contribution in [3.8, 4) is 0 Å². The van der Waals surface area contributed by atoms with Crippen LogP contribution in [0.5, 0.6) is 0 Å². The Labute approximate surface area is 154 Å². The lowest BCUT2D eigenvalue weighted by molar-refractivity contribution is 0.0683. The van der Waals surface area contributed by atoms with Crippen LogP contribution in [0.4, 0.5) is 0 Å². The first-order chi connectivity index (χ1) is 11.6. The van der Waals surface area contributed by atoms with Crippen LogP contribution in [0.25, 0.3) is 0 Å². The molecule has 0 atom stereocenters. The third kappa shape index (κ3) is 3.98. The molecule has 0 spiro atoms. The second kappa shape index (κ2) is 7.83. The first-order valence-electron chi connectivity index (χ1n) is 7.99. The van der Waals surface area contributed by atoms with Crippen molar-refractivity contribution >= 4 is 34.4 Å². The van der Waals surface area contributed by atoms with E-state index in [0.717, 1.165) is 16.4 Å². The van der Waals surface area contributed by atoms with Gasteiger partial charge < -0.3 is 14.6 Å². The maximum absolute atomic E-state index is 12.3. The second-order valence-corrected chi connectivity index (χ2v) is 7.10. The number of amides is 2. The van der Waals surface area contributed by atoms with Crippen molar-refractivity contribution in [1.29, 1.82) is 0 Å². The summed E-state index contributed by atoms with van der Waals surface area (Å²) in [5.41, 5.74) is 1.31. The van der Waals surface area contributed by atoms with Gasteiger partial charge in [0.05, 0.1) is 17.4 Å². The van der Waals surface area contributed by atoms with Gasteiger partial charge >= 0.3 is 0 Å². The standard InChI is InChI=1S/C18H19IN2O3/c19-16-4-2-1-3-15(16)17(22)20-11-13-5-8-21(9-6-13)18(23)14-7-10-24-12-14/h1-4,7,10,12-13H,5-6,8-9,11H2,(H,20,22). The third-order valence-corrected chi connectivity index (χ3v) is 5.28. The zero-order chi connectivity index (χ0) is 16.9. The Morgan fingerprint density at radius 3 is 2.62 bits per heavy atom. The van der Waals surface area contributed by atoms with Gasteiger partial charge in [0.2, 0.25) is 0 Å². The minimum atomic E-state index is -0.0306. The van der Waals surface area contributed by atoms with Gasteiger partial charge in [-0.1, -0.05) is 12.1 Å². The zero-order valence-electron chi connectivity index (χ0n) is 13.2. The molecule has 6 heteroatoms. The monoisotopic (exact) mass is 438 g/mol. The molecule has 2 amide bonds. The van der Waals surface area contributed by atoms with Crippen molar-refractivity contribution in [3.05, 3.63) is 57.6 Å². The van der Waals surface area contributed by atoms with Gasteiger partial charge in [0, 0.05) is 23.2 Å². The highest BCUT2D eigenvalue weighted by atomic mass is 127. The fourth-order valence-corrected chi connectivity index (χ4v) is 3.52. The van der Waals surface area contributed by atoms with E-state index in [9.17, 15) is 9.59 Å². The highest BCUT2D eigenvalue weighted by molar-refractivity contribution is 14.1. The van der Waals surface area contributed by atoms with Crippen LogP contribution in [-0.4, -0.2) is 36.3 Å². The Hall–Kier alpha value is -1.83. The van der Waals surface area contributed by atoms with Crippen LogP contribution in [0.2, 0.25) is 0 Å². The maximum atomic E-state index is 12.3. The number of halogens is 1. The second-order valence-electron chi connectivity index (χ2n) is 5.94. The van der Waals surface area contributed by atoms with Gasteiger partial charge in [-0.3, -0.25) is 9.59 Å². The Kier molecular flexibility index (Phi) is 5.55. The Balaban J connectivity index is 1.47. The molecular formula is C18H19IN2O3. The van der Waals surface area contributed by atoms with Gasteiger partial charge in [0.25, 0.3) is 11.8 Å². The fourth-order valence-electron chi connectivity index (χ4n) is 2.89. The average molecular weight is 438 g/mol. The van der Waals surface area contributed by atoms with Crippen LogP contribution in [0.15, 0.2) is 47.3 Å². The molecule has 1 saturated heterocycles. The van der Waals surface area contributed by atoms with Gasteiger partial charge in [0.1, 0.15) is 6.26 Å². The Bertz CT molecular complexity index is 707. The molecule has 0 radical (unpaired) electrons. The summed E-state index contributed by atoms with van der Waals surface area (Å²) in [6.07, 6.45) is 4.79. The lowest BCUT2D eigenvalue weighted by atomic mass is 9.96. The van der Waals surface area contributed by atoms with Crippen LogP contribution in [0, 0.1) is 9.49 Å². The number of piperidine rings is 1. The lowest BCUT2D eigenvalue weighted by Gasteiger charge is -2.31. The predicted molar refractivity (Wildman–Crippen MR) is 98.8 cm³/mol. The predicted octanol–water partition coefficient (Wildman–Crippen LogP) is 3.17. The van der Waals surface area contributed by atoms with Crippen molar-refractivity contribution in [2.24, 2.45) is 5.92 Å². The number of furan rings is 1. The molecular weight excluding hydrogens is 419 g/mol. The SMILES string of the molecule is O=C(NCC1CCN(C(=O)c2ccoc2)CC1)c1ccccc1I. The van der Waals surface area contributed by atoms with Crippen LogP contribution >= 0.6 is 22.6 Å². The first-order valence-corrected chi connectivity index (χ1v) is 9.07. The summed E-state index contributed by atoms with van der Waals surface area (Å²) in [5, 5.41) is 3.02. The molecule has 0 unspecified atom stereocenters. The van der Waals surface area contributed by atoms with Crippen molar-refractivity contribution in [2.75, 3.05) is 19.6 Å². The van der Waals surface area contributed by atoms with Crippen molar-refractivity contribution in [2.45, 2.75) is 12.8 Å². The number of hydrogen-bond donors (Lipinski definition) is 1. The molecule has 1 aromatic carbocycles. The molecule has 1 aliphatic rings. The van der Waals surface area contributed by atoms with Crippen molar-refractivity contribution < 1.29 is 14.0 Å². The molecule has 5 nitrogen and oxygen atoms in total. The molecule has 24 heavy (non-hydrogen) atoms. The molecule has 1 aromatic heterocycles. The number of likely N-dealkylation sites (tertiary alicyclic amines) is 1. The van der Waals surface area contributed by atoms with E-state index >= 15 is 0 Å². The number of nitrogens with zero attached hydrogens (tertiary/aromatic N) is 1. The molecule has 2 heterocycles. The third-order valence-electron chi connectivity index (χ3n) is 4.34. The summed E-state index contributed by atoms with van der Waals surface area (Å²) >= 11 is 2.17. The quantitative estimate of drug-likeness (QED) is 0.747. The van der Waals surface area contributed by atoms with E-state index in [1.165, 1.54) is 12.5 Å². The number of hydrogen-bond acceptors (Lipinski definition) is 3. The molecule has 1 fully saturated rings. The molecule has 1 aliphatic heterocycles. The van der Waals surface area contributed by atoms with E-state index in [-0.39, 0.29) is 11.8 Å². The molecule has 2 aromatic rings. The molecule has 1 N–H and O–H groups in total. The van der Waals surface area contributed by atoms with E-state index in [0.29, 0.717) is 36.7 Å². The average Bonchev–Trinajstić information content (AvgIpc) is 3.14. The summed E-state index contributed by atoms with van der Waals surface area (Å²) < 4.78 is 5.92. The van der Waals surface area contributed by atoms with E-state index in [1.807, 2.05) is 29.2 Å². The Morgan fingerprint density at radius 2 is 1.96 bits per heavy atom. The molecule has 0 saturated carbocycles. The minimum absolute atomic E-state index is 0.0186. The van der Waals surface area contributed by atoms with Gasteiger partial charge in [-0.05, 0) is 59.5 Å². The first kappa shape index (κ1) is 17.0. The molecule has 3 rings (SSSR count). The topological polar surface area (TPSA) is 62.6 Å². The largest absolute Gasteiger partial charge is 0.472 e. The smallest absolute Gasteiger partial charge is 0.257 e. The number of benzene rings is 1. The number of nitrogens with one attached hydrogen (secondary N) is 1. The summed E-state index contributed by atoms with van der Waals surface area (Å²) in [7, 11) is 0. The Morgan fingerprint density at radius 1 is 1.21 bits per heavy atom. The van der Waals surface area contributed by atoms with Crippen LogP contribution in [-0.2, 0) is 0 Å². The highest BCUT2D eigenvalue weighted by Crippen LogP contribution is 2.19. The van der Waals surface area contributed by atoms with Crippen LogP contribution in [0.3, 0.4) is 0 Å². The molecule has 0 aliphatic carbocycles. The minimum Gasteiger partial charge on any atom is -0.472 e. The van der Waals surface area contributed by atoms with Crippen molar-refractivity contribution in [1.82, 2.24) is 10.2 Å². The van der Waals surface area contributed by atoms with Gasteiger partial charge in [-0.2, -0.15) is 0 Å². The summed E-state index contributed by atoms with van der Waals surface area (Å²) in [6.45, 7) is 2.08. The summed E-state index contributed by atoms with van der Waals surface area (Å²) in [4.78, 5) is 26.3. The maximum Gasteiger partial charge on any atom is 0.257 e. The van der Waals surface area contributed by atoms with Gasteiger partial charge in [-0.25, -0.2) is 0 Å². The fraction of sp³-hybridized carbons (Fsp3) is 0.333. The van der Waals surface area contributed by atoms with Crippen LogP contribution < -0.4 is 5.32 Å². The van der Waals surface area contributed by atoms with E-state index < -0.39 is 0 Å². The summed E-state index contributed by atoms with van der Waals surface area (Å²) in [5.74, 6) is 0.394. The van der Waals surface area contributed by atoms with Gasteiger partial charge in [0.15, 0.2) is 0 Å². The van der Waals surface area contributed by atoms with Gasteiger partial charge in [-0.15, -0.1) is 0 Å². The van der Waals surface area contributed by atoms with E-state index in [4.69, 9.17) is 4.42 Å². The highest BCUT2D eigenvalue weighted by Gasteiger charge is 2.24. The van der Waals surface area contributed by atoms with E-state index in [1.54, 1.807) is 6.07 Å². The number of rotatable bonds is 4. The van der Waals surface area contributed by atoms with E-state index in [2.05, 4.69) is 27.9 Å². The lowest BCUT2D eigenvalue weighted by Crippen LogP contribution is -2.41. The van der Waals surface area contributed by atoms with Crippen LogP contribution in [0.1, 0.15) is 33.6 Å². The van der Waals surface area contributed by atoms with Crippen molar-refractivity contribution in [3.63, 3.8) is 0 Å². The normalized spacial score (nSPS) is 15.3. The summed E-state index contributed by atoms with van der Waals surface area (Å²) in [6, 6.07) is 9.25. The molecule has 0 bridgehead atoms. The number of carbonyl (C=O) groups excluding carboxylic acids is 2. The molecule has 126 valence electrons. The zero-order valence-corrected chi connectivity index (χ0v) is 15.4. The number of carbonyl (C=O) groups is 2.